The molecule has 1 unspecified atom stereocenters. The van der Waals surface area contributed by atoms with E-state index in [1.165, 1.54) is 38.6 Å². The SMILES string of the molecule is C1=CCC(CNCCCCn2ccnc2)CC1. The van der Waals surface area contributed by atoms with Crippen molar-refractivity contribution in [2.75, 3.05) is 13.1 Å². The fourth-order valence-electron chi connectivity index (χ4n) is 2.31. The summed E-state index contributed by atoms with van der Waals surface area (Å²) in [5.41, 5.74) is 0. The molecule has 3 heteroatoms. The van der Waals surface area contributed by atoms with Gasteiger partial charge in [-0.05, 0) is 51.1 Å². The van der Waals surface area contributed by atoms with Gasteiger partial charge in [0.05, 0.1) is 6.33 Å². The van der Waals surface area contributed by atoms with Crippen molar-refractivity contribution >= 4 is 0 Å². The highest BCUT2D eigenvalue weighted by Crippen LogP contribution is 2.16. The number of hydrogen-bond acceptors (Lipinski definition) is 2. The summed E-state index contributed by atoms with van der Waals surface area (Å²) in [6.07, 6.45) is 16.8. The van der Waals surface area contributed by atoms with E-state index in [1.54, 1.807) is 0 Å². The van der Waals surface area contributed by atoms with Gasteiger partial charge in [0.1, 0.15) is 0 Å². The molecule has 17 heavy (non-hydrogen) atoms. The van der Waals surface area contributed by atoms with E-state index in [-0.39, 0.29) is 0 Å². The molecule has 1 N–H and O–H groups in total. The summed E-state index contributed by atoms with van der Waals surface area (Å²) in [6.45, 7) is 3.43. The molecule has 0 bridgehead atoms. The maximum Gasteiger partial charge on any atom is 0.0945 e. The van der Waals surface area contributed by atoms with E-state index in [1.807, 2.05) is 18.7 Å². The molecule has 0 aromatic carbocycles. The summed E-state index contributed by atoms with van der Waals surface area (Å²) < 4.78 is 2.14. The first kappa shape index (κ1) is 12.4. The van der Waals surface area contributed by atoms with Crippen molar-refractivity contribution in [3.05, 3.63) is 30.9 Å². The lowest BCUT2D eigenvalue weighted by Crippen LogP contribution is -2.24. The van der Waals surface area contributed by atoms with Gasteiger partial charge >= 0.3 is 0 Å². The van der Waals surface area contributed by atoms with Gasteiger partial charge in [0.25, 0.3) is 0 Å². The molecular formula is C14H23N3. The minimum Gasteiger partial charge on any atom is -0.337 e. The highest BCUT2D eigenvalue weighted by Gasteiger charge is 2.08. The van der Waals surface area contributed by atoms with Crippen LogP contribution < -0.4 is 5.32 Å². The molecule has 0 amide bonds. The van der Waals surface area contributed by atoms with Crippen LogP contribution in [0.4, 0.5) is 0 Å². The molecule has 1 heterocycles. The monoisotopic (exact) mass is 233 g/mol. The number of aryl methyl sites for hydroxylation is 1. The van der Waals surface area contributed by atoms with Crippen LogP contribution in [0, 0.1) is 5.92 Å². The lowest BCUT2D eigenvalue weighted by molar-refractivity contribution is 0.434. The highest BCUT2D eigenvalue weighted by atomic mass is 15.0. The normalized spacial score (nSPS) is 19.6. The topological polar surface area (TPSA) is 29.9 Å². The summed E-state index contributed by atoms with van der Waals surface area (Å²) in [7, 11) is 0. The molecule has 3 nitrogen and oxygen atoms in total. The Morgan fingerprint density at radius 3 is 3.06 bits per heavy atom. The fraction of sp³-hybridized carbons (Fsp3) is 0.643. The number of rotatable bonds is 7. The molecule has 0 radical (unpaired) electrons. The Hall–Kier alpha value is -1.09. The molecular weight excluding hydrogens is 210 g/mol. The number of nitrogens with one attached hydrogen (secondary N) is 1. The van der Waals surface area contributed by atoms with Gasteiger partial charge in [0.2, 0.25) is 0 Å². The largest absolute Gasteiger partial charge is 0.337 e. The first-order chi connectivity index (χ1) is 8.45. The number of nitrogens with zero attached hydrogens (tertiary/aromatic N) is 2. The van der Waals surface area contributed by atoms with Crippen LogP contribution in [0.1, 0.15) is 32.1 Å². The van der Waals surface area contributed by atoms with Gasteiger partial charge in [-0.1, -0.05) is 12.2 Å². The van der Waals surface area contributed by atoms with Crippen LogP contribution in [0.2, 0.25) is 0 Å². The minimum atomic E-state index is 0.869. The third-order valence-electron chi connectivity index (χ3n) is 3.39. The number of aromatic nitrogens is 2. The van der Waals surface area contributed by atoms with Crippen molar-refractivity contribution in [1.29, 1.82) is 0 Å². The number of hydrogen-bond donors (Lipinski definition) is 1. The zero-order chi connectivity index (χ0) is 11.8. The average molecular weight is 233 g/mol. The van der Waals surface area contributed by atoms with Gasteiger partial charge in [-0.2, -0.15) is 0 Å². The van der Waals surface area contributed by atoms with E-state index in [0.717, 1.165) is 19.0 Å². The summed E-state index contributed by atoms with van der Waals surface area (Å²) in [6, 6.07) is 0. The predicted octanol–water partition coefficient (Wildman–Crippen LogP) is 2.61. The van der Waals surface area contributed by atoms with Gasteiger partial charge < -0.3 is 9.88 Å². The van der Waals surface area contributed by atoms with E-state index in [2.05, 4.69) is 27.0 Å². The maximum atomic E-state index is 4.04. The van der Waals surface area contributed by atoms with Crippen LogP contribution in [0.3, 0.4) is 0 Å². The van der Waals surface area contributed by atoms with Crippen molar-refractivity contribution in [2.24, 2.45) is 5.92 Å². The molecule has 0 aliphatic heterocycles. The molecule has 0 spiro atoms. The number of imidazole rings is 1. The lowest BCUT2D eigenvalue weighted by Gasteiger charge is -2.18. The van der Waals surface area contributed by atoms with Crippen LogP contribution in [-0.4, -0.2) is 22.6 Å². The second kappa shape index (κ2) is 7.28. The molecule has 1 aliphatic rings. The van der Waals surface area contributed by atoms with E-state index in [4.69, 9.17) is 0 Å². The molecule has 1 aromatic heterocycles. The second-order valence-corrected chi connectivity index (χ2v) is 4.86. The zero-order valence-corrected chi connectivity index (χ0v) is 10.5. The molecule has 1 aliphatic carbocycles. The van der Waals surface area contributed by atoms with Crippen molar-refractivity contribution in [3.8, 4) is 0 Å². The van der Waals surface area contributed by atoms with Gasteiger partial charge in [0, 0.05) is 18.9 Å². The Labute approximate surface area is 104 Å². The van der Waals surface area contributed by atoms with Gasteiger partial charge in [-0.3, -0.25) is 0 Å². The van der Waals surface area contributed by atoms with Crippen LogP contribution in [0.25, 0.3) is 0 Å². The Bertz CT molecular complexity index is 316. The van der Waals surface area contributed by atoms with E-state index < -0.39 is 0 Å². The maximum absolute atomic E-state index is 4.04. The lowest BCUT2D eigenvalue weighted by atomic mass is 9.94. The molecule has 0 saturated heterocycles. The summed E-state index contributed by atoms with van der Waals surface area (Å²) in [5, 5.41) is 3.58. The zero-order valence-electron chi connectivity index (χ0n) is 10.5. The number of allylic oxidation sites excluding steroid dienone is 2. The predicted molar refractivity (Wildman–Crippen MR) is 70.8 cm³/mol. The molecule has 1 atom stereocenters. The first-order valence-corrected chi connectivity index (χ1v) is 6.76. The molecule has 1 aromatic rings. The summed E-state index contributed by atoms with van der Waals surface area (Å²) >= 11 is 0. The molecule has 0 saturated carbocycles. The minimum absolute atomic E-state index is 0.869. The smallest absolute Gasteiger partial charge is 0.0945 e. The van der Waals surface area contributed by atoms with Gasteiger partial charge in [-0.25, -0.2) is 4.98 Å². The summed E-state index contributed by atoms with van der Waals surface area (Å²) in [5.74, 6) is 0.869. The molecule has 94 valence electrons. The number of unbranched alkanes of at least 4 members (excludes halogenated alkanes) is 1. The Kier molecular flexibility index (Phi) is 5.30. The fourth-order valence-corrected chi connectivity index (χ4v) is 2.31. The van der Waals surface area contributed by atoms with Crippen LogP contribution in [0.5, 0.6) is 0 Å². The summed E-state index contributed by atoms with van der Waals surface area (Å²) in [4.78, 5) is 4.04. The van der Waals surface area contributed by atoms with Crippen molar-refractivity contribution in [3.63, 3.8) is 0 Å². The Balaban J connectivity index is 1.45. The average Bonchev–Trinajstić information content (AvgIpc) is 2.88. The molecule has 2 rings (SSSR count). The van der Waals surface area contributed by atoms with Crippen LogP contribution in [0.15, 0.2) is 30.9 Å². The van der Waals surface area contributed by atoms with Crippen LogP contribution in [-0.2, 0) is 6.54 Å². The van der Waals surface area contributed by atoms with Gasteiger partial charge in [-0.15, -0.1) is 0 Å². The Morgan fingerprint density at radius 2 is 2.29 bits per heavy atom. The third kappa shape index (κ3) is 4.73. The van der Waals surface area contributed by atoms with Gasteiger partial charge in [0.15, 0.2) is 0 Å². The van der Waals surface area contributed by atoms with E-state index in [0.29, 0.717) is 0 Å². The standard InChI is InChI=1S/C14H23N3/c1-2-6-14(7-3-1)12-15-8-4-5-10-17-11-9-16-13-17/h1-2,9,11,13-15H,3-8,10,12H2. The van der Waals surface area contributed by atoms with Crippen molar-refractivity contribution in [1.82, 2.24) is 14.9 Å². The van der Waals surface area contributed by atoms with E-state index >= 15 is 0 Å². The molecule has 0 fully saturated rings. The quantitative estimate of drug-likeness (QED) is 0.579. The third-order valence-corrected chi connectivity index (χ3v) is 3.39. The second-order valence-electron chi connectivity index (χ2n) is 4.86. The first-order valence-electron chi connectivity index (χ1n) is 6.76. The Morgan fingerprint density at radius 1 is 1.29 bits per heavy atom. The van der Waals surface area contributed by atoms with Crippen molar-refractivity contribution in [2.45, 2.75) is 38.6 Å². The van der Waals surface area contributed by atoms with Crippen LogP contribution >= 0.6 is 0 Å². The van der Waals surface area contributed by atoms with Crippen molar-refractivity contribution < 1.29 is 0 Å². The highest BCUT2D eigenvalue weighted by molar-refractivity contribution is 4.90. The van der Waals surface area contributed by atoms with E-state index in [9.17, 15) is 0 Å².